The van der Waals surface area contributed by atoms with Crippen LogP contribution in [-0.2, 0) is 36.9 Å². The van der Waals surface area contributed by atoms with Crippen molar-refractivity contribution in [3.63, 3.8) is 0 Å². The lowest BCUT2D eigenvalue weighted by Crippen LogP contribution is -2.62. The van der Waals surface area contributed by atoms with Crippen LogP contribution in [0.15, 0.2) is 41.6 Å². The van der Waals surface area contributed by atoms with E-state index in [0.717, 1.165) is 0 Å². The fourth-order valence-electron chi connectivity index (χ4n) is 4.91. The summed E-state index contributed by atoms with van der Waals surface area (Å²) in [5.41, 5.74) is -7.79. The first-order valence-electron chi connectivity index (χ1n) is 11.5. The normalized spacial score (nSPS) is 24.1. The van der Waals surface area contributed by atoms with Gasteiger partial charge in [0.05, 0.1) is 51.8 Å². The first kappa shape index (κ1) is 28.9. The predicted octanol–water partition coefficient (Wildman–Crippen LogP) is 5.65. The van der Waals surface area contributed by atoms with Gasteiger partial charge < -0.3 is 9.74 Å². The lowest BCUT2D eigenvalue weighted by Gasteiger charge is -2.46. The number of benzene rings is 2. The van der Waals surface area contributed by atoms with Crippen molar-refractivity contribution in [2.24, 2.45) is 11.1 Å². The molecule has 2 fully saturated rings. The van der Waals surface area contributed by atoms with Crippen LogP contribution < -0.4 is 0 Å². The van der Waals surface area contributed by atoms with Gasteiger partial charge in [0.25, 0.3) is 5.60 Å². The second kappa shape index (κ2) is 9.21. The van der Waals surface area contributed by atoms with Crippen molar-refractivity contribution in [3.05, 3.63) is 68.7 Å². The average molecular weight is 633 g/mol. The van der Waals surface area contributed by atoms with Crippen LogP contribution in [0.3, 0.4) is 0 Å². The molecule has 40 heavy (non-hydrogen) atoms. The van der Waals surface area contributed by atoms with Crippen molar-refractivity contribution in [1.82, 2.24) is 4.90 Å². The quantitative estimate of drug-likeness (QED) is 0.409. The molecule has 0 aliphatic carbocycles. The summed E-state index contributed by atoms with van der Waals surface area (Å²) in [5, 5.41) is 1.79. The SMILES string of the molecule is O=C(C1CS(=O)(=O)C1)N1CC(F)(c2ccc(C3=NOC(c4cc(Cl)c(Cl)c(C(F)(F)F)c4)(C(F)(F)F)C3)cc2)C1. The molecule has 16 heteroatoms. The van der Waals surface area contributed by atoms with E-state index in [-0.39, 0.29) is 47.5 Å². The van der Waals surface area contributed by atoms with Gasteiger partial charge in [0.1, 0.15) is 0 Å². The first-order chi connectivity index (χ1) is 18.4. The van der Waals surface area contributed by atoms with E-state index in [1.165, 1.54) is 29.2 Å². The number of nitrogens with zero attached hydrogens (tertiary/aromatic N) is 2. The van der Waals surface area contributed by atoms with E-state index in [1.807, 2.05) is 0 Å². The Kier molecular flexibility index (Phi) is 6.66. The molecule has 0 aromatic heterocycles. The lowest BCUT2D eigenvalue weighted by atomic mass is 9.84. The fraction of sp³-hybridized carbons (Fsp3) is 0.417. The number of alkyl halides is 7. The summed E-state index contributed by atoms with van der Waals surface area (Å²) in [4.78, 5) is 18.3. The third-order valence-electron chi connectivity index (χ3n) is 7.18. The highest BCUT2D eigenvalue weighted by molar-refractivity contribution is 7.92. The number of halogens is 9. The van der Waals surface area contributed by atoms with E-state index in [1.54, 1.807) is 0 Å². The highest BCUT2D eigenvalue weighted by atomic mass is 35.5. The Morgan fingerprint density at radius 3 is 2.12 bits per heavy atom. The molecule has 1 amide bonds. The van der Waals surface area contributed by atoms with Crippen molar-refractivity contribution in [1.29, 1.82) is 0 Å². The molecule has 3 aliphatic rings. The van der Waals surface area contributed by atoms with Gasteiger partial charge in [-0.15, -0.1) is 0 Å². The Hall–Kier alpha value is -2.58. The molecule has 216 valence electrons. The summed E-state index contributed by atoms with van der Waals surface area (Å²) in [6.07, 6.45) is -11.3. The number of sulfone groups is 1. The number of amides is 1. The molecule has 3 aliphatic heterocycles. The van der Waals surface area contributed by atoms with E-state index >= 15 is 4.39 Å². The van der Waals surface area contributed by atoms with Crippen molar-refractivity contribution in [3.8, 4) is 0 Å². The Labute approximate surface area is 232 Å². The maximum atomic E-state index is 15.4. The van der Waals surface area contributed by atoms with Crippen LogP contribution in [0.2, 0.25) is 10.0 Å². The highest BCUT2D eigenvalue weighted by Crippen LogP contribution is 2.51. The average Bonchev–Trinajstić information content (AvgIpc) is 3.28. The van der Waals surface area contributed by atoms with E-state index in [9.17, 15) is 39.6 Å². The van der Waals surface area contributed by atoms with E-state index in [4.69, 9.17) is 28.0 Å². The third-order valence-corrected chi connectivity index (χ3v) is 9.80. The molecular formula is C24H17Cl2F7N2O4S. The molecule has 0 saturated carbocycles. The number of likely N-dealkylation sites (tertiary alicyclic amines) is 1. The second-order valence-corrected chi connectivity index (χ2v) is 12.9. The van der Waals surface area contributed by atoms with Crippen LogP contribution in [0, 0.1) is 5.92 Å². The van der Waals surface area contributed by atoms with Crippen LogP contribution in [-0.4, -0.2) is 55.7 Å². The fourth-order valence-corrected chi connectivity index (χ4v) is 6.76. The number of hydrogen-bond acceptors (Lipinski definition) is 5. The summed E-state index contributed by atoms with van der Waals surface area (Å²) < 4.78 is 121. The molecule has 0 radical (unpaired) electrons. The van der Waals surface area contributed by atoms with Crippen LogP contribution in [0.25, 0.3) is 0 Å². The Bertz CT molecular complexity index is 1510. The van der Waals surface area contributed by atoms with Gasteiger partial charge in [-0.05, 0) is 23.3 Å². The van der Waals surface area contributed by atoms with Crippen LogP contribution in [0.5, 0.6) is 0 Å². The molecule has 3 heterocycles. The number of carbonyl (C=O) groups excluding carboxylic acids is 1. The maximum Gasteiger partial charge on any atom is 0.435 e. The zero-order valence-corrected chi connectivity index (χ0v) is 22.2. The van der Waals surface area contributed by atoms with Gasteiger partial charge in [-0.25, -0.2) is 12.8 Å². The van der Waals surface area contributed by atoms with E-state index < -0.39 is 72.9 Å². The maximum absolute atomic E-state index is 15.4. The Morgan fingerprint density at radius 1 is 1.00 bits per heavy atom. The molecule has 0 N–H and O–H groups in total. The molecule has 1 atom stereocenters. The van der Waals surface area contributed by atoms with Gasteiger partial charge >= 0.3 is 12.4 Å². The van der Waals surface area contributed by atoms with Gasteiger partial charge in [0.15, 0.2) is 15.5 Å². The zero-order chi connectivity index (χ0) is 29.5. The standard InChI is InChI=1S/C24H17Cl2F7N2O4S/c25-17-6-15(5-16(19(17)26)23(28,29)30)22(24(31,32)33)7-18(34-39-22)12-1-3-14(4-2-12)21(27)10-35(11-21)20(36)13-8-40(37,38)9-13/h1-6,13H,7-11H2. The predicted molar refractivity (Wildman–Crippen MR) is 129 cm³/mol. The van der Waals surface area contributed by atoms with Gasteiger partial charge in [-0.3, -0.25) is 4.79 Å². The van der Waals surface area contributed by atoms with Gasteiger partial charge in [-0.1, -0.05) is 52.6 Å². The number of oxime groups is 1. The third kappa shape index (κ3) is 4.81. The topological polar surface area (TPSA) is 76.0 Å². The van der Waals surface area contributed by atoms with Crippen LogP contribution >= 0.6 is 23.2 Å². The zero-order valence-electron chi connectivity index (χ0n) is 19.9. The Balaban J connectivity index is 1.34. The van der Waals surface area contributed by atoms with Crippen molar-refractivity contribution < 1.29 is 48.8 Å². The minimum absolute atomic E-state index is 0.0986. The largest absolute Gasteiger partial charge is 0.435 e. The molecule has 2 aromatic rings. The van der Waals surface area contributed by atoms with E-state index in [2.05, 4.69) is 5.16 Å². The van der Waals surface area contributed by atoms with E-state index in [0.29, 0.717) is 6.07 Å². The van der Waals surface area contributed by atoms with Gasteiger partial charge in [0, 0.05) is 12.0 Å². The van der Waals surface area contributed by atoms with Gasteiger partial charge in [-0.2, -0.15) is 26.3 Å². The number of hydrogen-bond donors (Lipinski definition) is 0. The summed E-state index contributed by atoms with van der Waals surface area (Å²) in [7, 11) is -3.23. The lowest BCUT2D eigenvalue weighted by molar-refractivity contribution is -0.276. The molecule has 6 nitrogen and oxygen atoms in total. The molecule has 2 aromatic carbocycles. The molecule has 0 spiro atoms. The van der Waals surface area contributed by atoms with Crippen molar-refractivity contribution in [2.45, 2.75) is 30.0 Å². The van der Waals surface area contributed by atoms with Crippen molar-refractivity contribution >= 4 is 44.7 Å². The first-order valence-corrected chi connectivity index (χ1v) is 14.1. The minimum atomic E-state index is -5.22. The smallest absolute Gasteiger partial charge is 0.374 e. The van der Waals surface area contributed by atoms with Gasteiger partial charge in [0.2, 0.25) is 5.91 Å². The number of rotatable bonds is 4. The molecule has 5 rings (SSSR count). The summed E-state index contributed by atoms with van der Waals surface area (Å²) in [6, 6.07) is 6.01. The molecule has 0 bridgehead atoms. The summed E-state index contributed by atoms with van der Waals surface area (Å²) in [5.74, 6) is -1.72. The second-order valence-electron chi connectivity index (χ2n) is 9.96. The number of carbonyl (C=O) groups is 1. The molecular weight excluding hydrogens is 616 g/mol. The summed E-state index contributed by atoms with van der Waals surface area (Å²) >= 11 is 11.3. The van der Waals surface area contributed by atoms with Crippen molar-refractivity contribution in [2.75, 3.05) is 24.6 Å². The monoisotopic (exact) mass is 632 g/mol. The van der Waals surface area contributed by atoms with Crippen LogP contribution in [0.4, 0.5) is 30.7 Å². The molecule has 2 saturated heterocycles. The Morgan fingerprint density at radius 2 is 1.60 bits per heavy atom. The van der Waals surface area contributed by atoms with Crippen LogP contribution in [0.1, 0.15) is 28.7 Å². The molecule has 1 unspecified atom stereocenters. The summed E-state index contributed by atoms with van der Waals surface area (Å²) in [6.45, 7) is -0.635. The highest BCUT2D eigenvalue weighted by Gasteiger charge is 2.63. The minimum Gasteiger partial charge on any atom is -0.374 e.